The Labute approximate surface area is 188 Å². The number of sulfonamides is 1. The van der Waals surface area contributed by atoms with Gasteiger partial charge in [0.15, 0.2) is 0 Å². The van der Waals surface area contributed by atoms with Crippen LogP contribution in [0.2, 0.25) is 5.02 Å². The van der Waals surface area contributed by atoms with Crippen LogP contribution in [0.3, 0.4) is 0 Å². The number of hydrogen-bond donors (Lipinski definition) is 2. The number of carbonyl (C=O) groups excluding carboxylic acids is 1. The van der Waals surface area contributed by atoms with Crippen molar-refractivity contribution in [3.63, 3.8) is 0 Å². The number of benzene rings is 2. The lowest BCUT2D eigenvalue weighted by Gasteiger charge is -2.26. The molecule has 1 aliphatic carbocycles. The molecule has 1 atom stereocenters. The van der Waals surface area contributed by atoms with E-state index in [4.69, 9.17) is 11.6 Å². The monoisotopic (exact) mass is 462 g/mol. The van der Waals surface area contributed by atoms with Gasteiger partial charge in [-0.05, 0) is 61.2 Å². The number of carbonyl (C=O) groups is 1. The van der Waals surface area contributed by atoms with Gasteiger partial charge in [0.2, 0.25) is 5.91 Å². The van der Waals surface area contributed by atoms with Crippen molar-refractivity contribution in [3.05, 3.63) is 58.1 Å². The maximum Gasteiger partial charge on any atom is 0.284 e. The van der Waals surface area contributed by atoms with Crippen molar-refractivity contribution < 1.29 is 13.2 Å². The molecule has 0 aromatic heterocycles. The fraction of sp³-hybridized carbons (Fsp3) is 0.364. The summed E-state index contributed by atoms with van der Waals surface area (Å²) in [5.41, 5.74) is 2.82. The van der Waals surface area contributed by atoms with E-state index >= 15 is 0 Å². The standard InChI is InChI=1S/C22H27ClN4O3S/c1-24-17-8-9-19-16(10-17)11-18(13-21(19)31(29,30)25-14-27(2)3)26-22(28)12-15-6-4-5-7-20(15)23/h4-7,11,13-14,17,24H,8-10,12H2,1-3H3,(H,26,28). The number of halogens is 1. The number of anilines is 1. The van der Waals surface area contributed by atoms with Gasteiger partial charge in [0.25, 0.3) is 10.0 Å². The average molecular weight is 463 g/mol. The molecule has 0 heterocycles. The van der Waals surface area contributed by atoms with Crippen LogP contribution in [0.5, 0.6) is 0 Å². The van der Waals surface area contributed by atoms with Gasteiger partial charge in [-0.3, -0.25) is 4.79 Å². The second-order valence-electron chi connectivity index (χ2n) is 7.82. The lowest BCUT2D eigenvalue weighted by atomic mass is 9.88. The van der Waals surface area contributed by atoms with E-state index in [0.717, 1.165) is 17.5 Å². The van der Waals surface area contributed by atoms with E-state index in [1.54, 1.807) is 37.2 Å². The zero-order valence-electron chi connectivity index (χ0n) is 17.9. The Hall–Kier alpha value is -2.42. The molecule has 3 rings (SSSR count). The van der Waals surface area contributed by atoms with Gasteiger partial charge in [-0.15, -0.1) is 4.40 Å². The fourth-order valence-corrected chi connectivity index (χ4v) is 5.09. The van der Waals surface area contributed by atoms with E-state index in [0.29, 0.717) is 29.1 Å². The van der Waals surface area contributed by atoms with Crippen molar-refractivity contribution in [2.75, 3.05) is 26.5 Å². The first-order chi connectivity index (χ1) is 14.7. The Bertz CT molecular complexity index is 1100. The summed E-state index contributed by atoms with van der Waals surface area (Å²) in [5, 5.41) is 6.60. The lowest BCUT2D eigenvalue weighted by Crippen LogP contribution is -2.32. The Morgan fingerprint density at radius 3 is 2.71 bits per heavy atom. The van der Waals surface area contributed by atoms with Crippen molar-refractivity contribution in [2.24, 2.45) is 4.40 Å². The summed E-state index contributed by atoms with van der Waals surface area (Å²) in [6, 6.07) is 10.8. The summed E-state index contributed by atoms with van der Waals surface area (Å²) in [5.74, 6) is -0.269. The number of rotatable bonds is 7. The van der Waals surface area contributed by atoms with E-state index in [9.17, 15) is 13.2 Å². The molecule has 31 heavy (non-hydrogen) atoms. The summed E-state index contributed by atoms with van der Waals surface area (Å²) in [6.45, 7) is 0. The lowest BCUT2D eigenvalue weighted by molar-refractivity contribution is -0.115. The van der Waals surface area contributed by atoms with Gasteiger partial charge < -0.3 is 15.5 Å². The fourth-order valence-electron chi connectivity index (χ4n) is 3.64. The largest absolute Gasteiger partial charge is 0.368 e. The molecule has 0 bridgehead atoms. The zero-order chi connectivity index (χ0) is 22.6. The van der Waals surface area contributed by atoms with Gasteiger partial charge in [0, 0.05) is 30.8 Å². The van der Waals surface area contributed by atoms with Gasteiger partial charge >= 0.3 is 0 Å². The maximum absolute atomic E-state index is 13.0. The predicted molar refractivity (Wildman–Crippen MR) is 124 cm³/mol. The van der Waals surface area contributed by atoms with Crippen molar-refractivity contribution in [1.82, 2.24) is 10.2 Å². The molecule has 9 heteroatoms. The number of likely N-dealkylation sites (N-methyl/N-ethyl adjacent to an activating group) is 1. The molecule has 0 radical (unpaired) electrons. The van der Waals surface area contributed by atoms with E-state index in [1.807, 2.05) is 19.2 Å². The van der Waals surface area contributed by atoms with E-state index in [1.165, 1.54) is 12.4 Å². The van der Waals surface area contributed by atoms with Gasteiger partial charge in [-0.25, -0.2) is 0 Å². The summed E-state index contributed by atoms with van der Waals surface area (Å²) < 4.78 is 29.7. The summed E-state index contributed by atoms with van der Waals surface area (Å²) in [6.07, 6.45) is 3.50. The highest BCUT2D eigenvalue weighted by atomic mass is 35.5. The van der Waals surface area contributed by atoms with Crippen molar-refractivity contribution in [1.29, 1.82) is 0 Å². The highest BCUT2D eigenvalue weighted by Gasteiger charge is 2.26. The van der Waals surface area contributed by atoms with Crippen LogP contribution in [0.25, 0.3) is 0 Å². The molecular weight excluding hydrogens is 436 g/mol. The van der Waals surface area contributed by atoms with E-state index in [-0.39, 0.29) is 23.3 Å². The number of hydrogen-bond acceptors (Lipinski definition) is 4. The first-order valence-electron chi connectivity index (χ1n) is 10.0. The second kappa shape index (κ2) is 9.80. The van der Waals surface area contributed by atoms with Crippen LogP contribution in [0.15, 0.2) is 45.7 Å². The molecule has 2 aromatic rings. The third-order valence-corrected chi connectivity index (χ3v) is 6.87. The highest BCUT2D eigenvalue weighted by Crippen LogP contribution is 2.32. The topological polar surface area (TPSA) is 90.9 Å². The highest BCUT2D eigenvalue weighted by molar-refractivity contribution is 7.90. The molecule has 0 fully saturated rings. The Kier molecular flexibility index (Phi) is 7.35. The quantitative estimate of drug-likeness (QED) is 0.487. The number of nitrogens with one attached hydrogen (secondary N) is 2. The molecule has 1 aliphatic rings. The van der Waals surface area contributed by atoms with Crippen LogP contribution in [0.1, 0.15) is 23.1 Å². The van der Waals surface area contributed by atoms with Gasteiger partial charge in [-0.1, -0.05) is 29.8 Å². The van der Waals surface area contributed by atoms with Crippen LogP contribution in [-0.2, 0) is 34.1 Å². The molecule has 0 saturated heterocycles. The van der Waals surface area contributed by atoms with Gasteiger partial charge in [0.05, 0.1) is 11.3 Å². The maximum atomic E-state index is 13.0. The minimum Gasteiger partial charge on any atom is -0.368 e. The molecule has 0 aliphatic heterocycles. The van der Waals surface area contributed by atoms with Crippen molar-refractivity contribution >= 4 is 39.6 Å². The Balaban J connectivity index is 1.95. The molecule has 7 nitrogen and oxygen atoms in total. The Morgan fingerprint density at radius 1 is 1.29 bits per heavy atom. The van der Waals surface area contributed by atoms with E-state index in [2.05, 4.69) is 15.0 Å². The zero-order valence-corrected chi connectivity index (χ0v) is 19.4. The minimum absolute atomic E-state index is 0.0940. The average Bonchev–Trinajstić information content (AvgIpc) is 2.73. The van der Waals surface area contributed by atoms with Crippen molar-refractivity contribution in [2.45, 2.75) is 36.6 Å². The molecular formula is C22H27ClN4O3S. The third-order valence-electron chi connectivity index (χ3n) is 5.21. The normalized spacial score (nSPS) is 16.2. The van der Waals surface area contributed by atoms with Crippen LogP contribution in [0, 0.1) is 0 Å². The molecule has 0 saturated carbocycles. The van der Waals surface area contributed by atoms with Crippen LogP contribution in [-0.4, -0.2) is 52.7 Å². The summed E-state index contributed by atoms with van der Waals surface area (Å²) in [4.78, 5) is 14.3. The molecule has 2 N–H and O–H groups in total. The first kappa shape index (κ1) is 23.2. The predicted octanol–water partition coefficient (Wildman–Crippen LogP) is 2.88. The number of fused-ring (bicyclic) bond motifs is 1. The van der Waals surface area contributed by atoms with Crippen molar-refractivity contribution in [3.8, 4) is 0 Å². The molecule has 1 amide bonds. The number of amides is 1. The van der Waals surface area contributed by atoms with Crippen LogP contribution < -0.4 is 10.6 Å². The minimum atomic E-state index is -3.91. The first-order valence-corrected chi connectivity index (χ1v) is 11.8. The number of nitrogens with zero attached hydrogens (tertiary/aromatic N) is 2. The molecule has 0 spiro atoms. The summed E-state index contributed by atoms with van der Waals surface area (Å²) in [7, 11) is 1.39. The SMILES string of the molecule is CNC1CCc2c(cc(NC(=O)Cc3ccccc3Cl)cc2S(=O)(=O)N=CN(C)C)C1. The Morgan fingerprint density at radius 2 is 2.03 bits per heavy atom. The van der Waals surface area contributed by atoms with Crippen LogP contribution in [0.4, 0.5) is 5.69 Å². The van der Waals surface area contributed by atoms with E-state index < -0.39 is 10.0 Å². The second-order valence-corrected chi connectivity index (χ2v) is 9.82. The van der Waals surface area contributed by atoms with Gasteiger partial charge in [-0.2, -0.15) is 8.42 Å². The van der Waals surface area contributed by atoms with Gasteiger partial charge in [0.1, 0.15) is 6.34 Å². The molecule has 166 valence electrons. The van der Waals surface area contributed by atoms with Crippen LogP contribution >= 0.6 is 11.6 Å². The smallest absolute Gasteiger partial charge is 0.284 e. The summed E-state index contributed by atoms with van der Waals surface area (Å²) >= 11 is 6.16. The molecule has 1 unspecified atom stereocenters. The third kappa shape index (κ3) is 5.84. The molecule has 2 aromatic carbocycles.